The van der Waals surface area contributed by atoms with Gasteiger partial charge in [0.05, 0.1) is 27.7 Å². The molecule has 0 aliphatic heterocycles. The first-order valence-corrected chi connectivity index (χ1v) is 26.1. The van der Waals surface area contributed by atoms with Crippen LogP contribution in [0.25, 0.3) is 0 Å². The van der Waals surface area contributed by atoms with Gasteiger partial charge in [0.25, 0.3) is 7.82 Å². The number of allylic oxidation sites excluding steroid dienone is 12. The van der Waals surface area contributed by atoms with Crippen LogP contribution < -0.4 is 4.89 Å². The fourth-order valence-electron chi connectivity index (χ4n) is 6.39. The Bertz CT molecular complexity index is 1280. The van der Waals surface area contributed by atoms with Crippen LogP contribution >= 0.6 is 7.82 Å². The number of quaternary nitrogens is 1. The molecular formula is C52H92NO8P. The normalized spacial score (nSPS) is 14.1. The van der Waals surface area contributed by atoms with Crippen molar-refractivity contribution >= 4 is 19.8 Å². The number of hydrogen-bond acceptors (Lipinski definition) is 8. The van der Waals surface area contributed by atoms with Crippen molar-refractivity contribution < 1.29 is 42.1 Å². The number of phosphoric ester groups is 1. The molecular weight excluding hydrogens is 798 g/mol. The van der Waals surface area contributed by atoms with Gasteiger partial charge >= 0.3 is 11.9 Å². The van der Waals surface area contributed by atoms with Gasteiger partial charge in [0.15, 0.2) is 6.10 Å². The minimum absolute atomic E-state index is 0.0426. The van der Waals surface area contributed by atoms with Crippen LogP contribution in [-0.4, -0.2) is 70.0 Å². The number of likely N-dealkylation sites (N-methyl/N-ethyl adjacent to an activating group) is 1. The Labute approximate surface area is 380 Å². The van der Waals surface area contributed by atoms with Crippen LogP contribution in [-0.2, 0) is 32.7 Å². The quantitative estimate of drug-likeness (QED) is 0.0195. The van der Waals surface area contributed by atoms with Crippen molar-refractivity contribution in [2.45, 2.75) is 200 Å². The van der Waals surface area contributed by atoms with Gasteiger partial charge in [-0.15, -0.1) is 0 Å². The number of rotatable bonds is 44. The third-order valence-electron chi connectivity index (χ3n) is 10.2. The summed E-state index contributed by atoms with van der Waals surface area (Å²) >= 11 is 0. The van der Waals surface area contributed by atoms with E-state index < -0.39 is 32.5 Å². The molecule has 0 saturated heterocycles. The van der Waals surface area contributed by atoms with Gasteiger partial charge in [0, 0.05) is 12.8 Å². The zero-order chi connectivity index (χ0) is 45.7. The predicted molar refractivity (Wildman–Crippen MR) is 259 cm³/mol. The Morgan fingerprint density at radius 2 is 0.935 bits per heavy atom. The number of phosphoric acid groups is 1. The number of nitrogens with zero attached hydrogens (tertiary/aromatic N) is 1. The van der Waals surface area contributed by atoms with Gasteiger partial charge in [-0.25, -0.2) is 0 Å². The lowest BCUT2D eigenvalue weighted by molar-refractivity contribution is -0.870. The molecule has 2 atom stereocenters. The van der Waals surface area contributed by atoms with Crippen molar-refractivity contribution in [3.8, 4) is 0 Å². The zero-order valence-electron chi connectivity index (χ0n) is 40.3. The Hall–Kier alpha value is -2.55. The number of unbranched alkanes of at least 4 members (excludes halogenated alkanes) is 18. The summed E-state index contributed by atoms with van der Waals surface area (Å²) in [6.07, 6.45) is 55.1. The van der Waals surface area contributed by atoms with Gasteiger partial charge in [0.1, 0.15) is 19.8 Å². The topological polar surface area (TPSA) is 111 Å². The molecule has 0 aromatic rings. The fourth-order valence-corrected chi connectivity index (χ4v) is 7.12. The van der Waals surface area contributed by atoms with Crippen LogP contribution in [0.1, 0.15) is 194 Å². The van der Waals surface area contributed by atoms with Crippen LogP contribution in [0.2, 0.25) is 0 Å². The Morgan fingerprint density at radius 3 is 1.44 bits per heavy atom. The first-order chi connectivity index (χ1) is 30.0. The molecule has 0 spiro atoms. The molecule has 0 aliphatic rings. The van der Waals surface area contributed by atoms with Crippen molar-refractivity contribution in [1.82, 2.24) is 0 Å². The lowest BCUT2D eigenvalue weighted by atomic mass is 10.0. The van der Waals surface area contributed by atoms with Gasteiger partial charge in [-0.3, -0.25) is 14.2 Å². The van der Waals surface area contributed by atoms with E-state index >= 15 is 0 Å². The van der Waals surface area contributed by atoms with E-state index in [1.807, 2.05) is 27.2 Å². The van der Waals surface area contributed by atoms with E-state index in [0.717, 1.165) is 57.8 Å². The lowest BCUT2D eigenvalue weighted by Gasteiger charge is -2.28. The second kappa shape index (κ2) is 43.7. The lowest BCUT2D eigenvalue weighted by Crippen LogP contribution is -2.37. The maximum absolute atomic E-state index is 12.7. The molecule has 0 amide bonds. The molecule has 0 bridgehead atoms. The Balaban J connectivity index is 4.35. The largest absolute Gasteiger partial charge is 0.756 e. The summed E-state index contributed by atoms with van der Waals surface area (Å²) in [6, 6.07) is 0. The average Bonchev–Trinajstić information content (AvgIpc) is 3.23. The highest BCUT2D eigenvalue weighted by Gasteiger charge is 2.21. The Morgan fingerprint density at radius 1 is 0.516 bits per heavy atom. The molecule has 0 rings (SSSR count). The zero-order valence-corrected chi connectivity index (χ0v) is 41.2. The first-order valence-electron chi connectivity index (χ1n) is 24.6. The molecule has 9 nitrogen and oxygen atoms in total. The number of esters is 2. The highest BCUT2D eigenvalue weighted by molar-refractivity contribution is 7.45. The third-order valence-corrected chi connectivity index (χ3v) is 11.2. The van der Waals surface area contributed by atoms with Crippen LogP contribution in [0.4, 0.5) is 0 Å². The van der Waals surface area contributed by atoms with Crippen molar-refractivity contribution in [2.75, 3.05) is 47.5 Å². The molecule has 0 fully saturated rings. The molecule has 0 aromatic carbocycles. The molecule has 0 aliphatic carbocycles. The van der Waals surface area contributed by atoms with Crippen molar-refractivity contribution in [3.63, 3.8) is 0 Å². The van der Waals surface area contributed by atoms with Crippen molar-refractivity contribution in [3.05, 3.63) is 72.9 Å². The van der Waals surface area contributed by atoms with E-state index in [2.05, 4.69) is 80.7 Å². The third kappa shape index (κ3) is 46.9. The van der Waals surface area contributed by atoms with E-state index in [-0.39, 0.29) is 26.1 Å². The van der Waals surface area contributed by atoms with Crippen molar-refractivity contribution in [1.29, 1.82) is 0 Å². The van der Waals surface area contributed by atoms with Crippen LogP contribution in [0.3, 0.4) is 0 Å². The number of hydrogen-bond donors (Lipinski definition) is 0. The molecule has 0 radical (unpaired) electrons. The summed E-state index contributed by atoms with van der Waals surface area (Å²) in [4.78, 5) is 37.6. The van der Waals surface area contributed by atoms with Gasteiger partial charge in [-0.1, -0.05) is 177 Å². The number of carbonyl (C=O) groups is 2. The highest BCUT2D eigenvalue weighted by atomic mass is 31.2. The van der Waals surface area contributed by atoms with Gasteiger partial charge in [-0.05, 0) is 77.0 Å². The van der Waals surface area contributed by atoms with E-state index in [0.29, 0.717) is 23.9 Å². The summed E-state index contributed by atoms with van der Waals surface area (Å²) in [5, 5.41) is 0. The van der Waals surface area contributed by atoms with Crippen LogP contribution in [0.5, 0.6) is 0 Å². The SMILES string of the molecule is CC/C=C\C/C=C\C/C=C\C/C=C\C/C=C\CCCC(=O)OC[C@H](COP(=O)([O-])OCC[N+](C)(C)C)OC(=O)CCCCCCCCCCCCC/C=C\CCCCCCCC. The summed E-state index contributed by atoms with van der Waals surface area (Å²) in [6.45, 7) is 4.05. The summed E-state index contributed by atoms with van der Waals surface area (Å²) in [7, 11) is 1.13. The van der Waals surface area contributed by atoms with Gasteiger partial charge in [-0.2, -0.15) is 0 Å². The fraction of sp³-hybridized carbons (Fsp3) is 0.731. The summed E-state index contributed by atoms with van der Waals surface area (Å²) in [5.41, 5.74) is 0. The van der Waals surface area contributed by atoms with Crippen molar-refractivity contribution in [2.24, 2.45) is 0 Å². The minimum atomic E-state index is -4.64. The maximum atomic E-state index is 12.7. The molecule has 0 N–H and O–H groups in total. The molecule has 0 aromatic heterocycles. The van der Waals surface area contributed by atoms with Crippen LogP contribution in [0, 0.1) is 0 Å². The Kier molecular flexibility index (Phi) is 41.9. The molecule has 358 valence electrons. The predicted octanol–water partition coefficient (Wildman–Crippen LogP) is 13.9. The van der Waals surface area contributed by atoms with Gasteiger partial charge < -0.3 is 27.9 Å². The van der Waals surface area contributed by atoms with Crippen LogP contribution in [0.15, 0.2) is 72.9 Å². The molecule has 0 saturated carbocycles. The van der Waals surface area contributed by atoms with E-state index in [4.69, 9.17) is 18.5 Å². The number of ether oxygens (including phenoxy) is 2. The highest BCUT2D eigenvalue weighted by Crippen LogP contribution is 2.38. The molecule has 62 heavy (non-hydrogen) atoms. The second-order valence-electron chi connectivity index (χ2n) is 17.4. The first kappa shape index (κ1) is 59.5. The molecule has 0 heterocycles. The standard InChI is InChI=1S/C52H92NO8P/c1-6-8-10-12-14-16-18-20-22-24-25-26-27-29-31-33-35-37-39-41-43-45-52(55)61-50(49-60-62(56,57)59-47-46-53(3,4)5)48-58-51(54)44-42-40-38-36-34-32-30-28-23-21-19-17-15-13-11-9-7-2/h9,11,15,17,20-23,30,32,36,38,50H,6-8,10,12-14,16,18-19,24-29,31,33-35,37,39-49H2,1-5H3/b11-9-,17-15-,22-20-,23-21-,32-30-,38-36-/t50-/m1/s1. The summed E-state index contributed by atoms with van der Waals surface area (Å²) in [5.74, 6) is -0.905. The number of carbonyl (C=O) groups excluding carboxylic acids is 2. The maximum Gasteiger partial charge on any atom is 0.306 e. The van der Waals surface area contributed by atoms with Gasteiger partial charge in [0.2, 0.25) is 0 Å². The van der Waals surface area contributed by atoms with E-state index in [9.17, 15) is 19.0 Å². The molecule has 1 unspecified atom stereocenters. The van der Waals surface area contributed by atoms with E-state index in [1.54, 1.807) is 0 Å². The second-order valence-corrected chi connectivity index (χ2v) is 18.9. The molecule has 10 heteroatoms. The summed E-state index contributed by atoms with van der Waals surface area (Å²) < 4.78 is 33.9. The minimum Gasteiger partial charge on any atom is -0.756 e. The van der Waals surface area contributed by atoms with E-state index in [1.165, 1.54) is 96.3 Å². The smallest absolute Gasteiger partial charge is 0.306 e. The monoisotopic (exact) mass is 890 g/mol. The average molecular weight is 890 g/mol.